The first kappa shape index (κ1) is 8.72. The Kier molecular flexibility index (Phi) is 1.83. The largest absolute Gasteiger partial charge is 0.395 e. The quantitative estimate of drug-likeness (QED) is 0.622. The lowest BCUT2D eigenvalue weighted by atomic mass is 9.84. The SMILES string of the molecule is CC1(C)CC(=O)[C@](C)(CO)C1. The van der Waals surface area contributed by atoms with Gasteiger partial charge in [-0.2, -0.15) is 0 Å². The Balaban J connectivity index is 2.82. The van der Waals surface area contributed by atoms with E-state index in [0.717, 1.165) is 6.42 Å². The van der Waals surface area contributed by atoms with Gasteiger partial charge in [-0.3, -0.25) is 4.79 Å². The average Bonchev–Trinajstić information content (AvgIpc) is 2.03. The van der Waals surface area contributed by atoms with Gasteiger partial charge in [-0.15, -0.1) is 0 Å². The summed E-state index contributed by atoms with van der Waals surface area (Å²) in [5.41, 5.74) is -0.363. The lowest BCUT2D eigenvalue weighted by Crippen LogP contribution is -2.26. The first-order valence-electron chi connectivity index (χ1n) is 4.04. The Morgan fingerprint density at radius 3 is 2.18 bits per heavy atom. The molecular formula is C9H16O2. The Bertz CT molecular complexity index is 184. The van der Waals surface area contributed by atoms with Gasteiger partial charge in [0.1, 0.15) is 5.78 Å². The van der Waals surface area contributed by atoms with E-state index in [4.69, 9.17) is 5.11 Å². The van der Waals surface area contributed by atoms with Crippen LogP contribution in [0.4, 0.5) is 0 Å². The Morgan fingerprint density at radius 2 is 2.00 bits per heavy atom. The molecule has 11 heavy (non-hydrogen) atoms. The molecular weight excluding hydrogens is 140 g/mol. The van der Waals surface area contributed by atoms with Crippen molar-refractivity contribution >= 4 is 5.78 Å². The number of carbonyl (C=O) groups excluding carboxylic acids is 1. The zero-order chi connectivity index (χ0) is 8.70. The number of Topliss-reactive ketones (excluding diaryl/α,β-unsaturated/α-hetero) is 1. The standard InChI is InChI=1S/C9H16O2/c1-8(2)4-7(11)9(3,5-8)6-10/h10H,4-6H2,1-3H3/t9-/m0/s1. The number of ketones is 1. The zero-order valence-electron chi connectivity index (χ0n) is 7.48. The molecule has 0 saturated heterocycles. The summed E-state index contributed by atoms with van der Waals surface area (Å²) in [6.45, 7) is 6.00. The summed E-state index contributed by atoms with van der Waals surface area (Å²) in [5, 5.41) is 9.01. The van der Waals surface area contributed by atoms with E-state index in [-0.39, 0.29) is 17.8 Å². The third kappa shape index (κ3) is 1.45. The number of carbonyl (C=O) groups is 1. The molecule has 0 heterocycles. The molecule has 0 amide bonds. The fraction of sp³-hybridized carbons (Fsp3) is 0.889. The van der Waals surface area contributed by atoms with Crippen LogP contribution in [-0.2, 0) is 4.79 Å². The second-order valence-corrected chi connectivity index (χ2v) is 4.66. The molecule has 2 heteroatoms. The van der Waals surface area contributed by atoms with E-state index >= 15 is 0 Å². The second-order valence-electron chi connectivity index (χ2n) is 4.66. The summed E-state index contributed by atoms with van der Waals surface area (Å²) >= 11 is 0. The van der Waals surface area contributed by atoms with Crippen LogP contribution in [0, 0.1) is 10.8 Å². The van der Waals surface area contributed by atoms with Crippen molar-refractivity contribution in [2.75, 3.05) is 6.61 Å². The smallest absolute Gasteiger partial charge is 0.141 e. The fourth-order valence-electron chi connectivity index (χ4n) is 2.01. The predicted octanol–water partition coefficient (Wildman–Crippen LogP) is 1.37. The highest BCUT2D eigenvalue weighted by molar-refractivity contribution is 5.87. The molecule has 1 fully saturated rings. The van der Waals surface area contributed by atoms with Crippen molar-refractivity contribution in [3.63, 3.8) is 0 Å². The van der Waals surface area contributed by atoms with Crippen molar-refractivity contribution < 1.29 is 9.90 Å². The number of hydrogen-bond donors (Lipinski definition) is 1. The second kappa shape index (κ2) is 2.31. The van der Waals surface area contributed by atoms with Crippen molar-refractivity contribution in [2.45, 2.75) is 33.6 Å². The summed E-state index contributed by atoms with van der Waals surface area (Å²) in [6.07, 6.45) is 1.43. The summed E-state index contributed by atoms with van der Waals surface area (Å²) < 4.78 is 0. The maximum atomic E-state index is 11.4. The zero-order valence-corrected chi connectivity index (χ0v) is 7.48. The highest BCUT2D eigenvalue weighted by Gasteiger charge is 2.46. The minimum atomic E-state index is -0.455. The highest BCUT2D eigenvalue weighted by atomic mass is 16.3. The monoisotopic (exact) mass is 156 g/mol. The molecule has 1 saturated carbocycles. The lowest BCUT2D eigenvalue weighted by molar-refractivity contribution is -0.126. The van der Waals surface area contributed by atoms with Crippen LogP contribution in [0.1, 0.15) is 33.6 Å². The van der Waals surface area contributed by atoms with Crippen LogP contribution in [0.5, 0.6) is 0 Å². The summed E-state index contributed by atoms with van der Waals surface area (Å²) in [5.74, 6) is 0.213. The fourth-order valence-corrected chi connectivity index (χ4v) is 2.01. The van der Waals surface area contributed by atoms with Crippen molar-refractivity contribution in [3.05, 3.63) is 0 Å². The van der Waals surface area contributed by atoms with Crippen LogP contribution < -0.4 is 0 Å². The van der Waals surface area contributed by atoms with E-state index in [1.807, 2.05) is 6.92 Å². The Labute approximate surface area is 67.6 Å². The molecule has 0 unspecified atom stereocenters. The van der Waals surface area contributed by atoms with Gasteiger partial charge in [-0.1, -0.05) is 20.8 Å². The number of rotatable bonds is 1. The molecule has 0 bridgehead atoms. The number of hydrogen-bond acceptors (Lipinski definition) is 2. The first-order chi connectivity index (χ1) is 4.90. The number of aliphatic hydroxyl groups is 1. The Morgan fingerprint density at radius 1 is 1.45 bits per heavy atom. The maximum absolute atomic E-state index is 11.4. The number of aliphatic hydroxyl groups excluding tert-OH is 1. The van der Waals surface area contributed by atoms with Crippen molar-refractivity contribution in [3.8, 4) is 0 Å². The van der Waals surface area contributed by atoms with Gasteiger partial charge >= 0.3 is 0 Å². The van der Waals surface area contributed by atoms with Crippen LogP contribution >= 0.6 is 0 Å². The predicted molar refractivity (Wildman–Crippen MR) is 43.2 cm³/mol. The van der Waals surface area contributed by atoms with E-state index in [0.29, 0.717) is 6.42 Å². The van der Waals surface area contributed by atoms with Gasteiger partial charge in [0.2, 0.25) is 0 Å². The third-order valence-corrected chi connectivity index (χ3v) is 2.53. The molecule has 2 nitrogen and oxygen atoms in total. The topological polar surface area (TPSA) is 37.3 Å². The van der Waals surface area contributed by atoms with E-state index < -0.39 is 5.41 Å². The van der Waals surface area contributed by atoms with Gasteiger partial charge in [0.15, 0.2) is 0 Å². The molecule has 1 aliphatic carbocycles. The summed E-state index contributed by atoms with van der Waals surface area (Å²) in [4.78, 5) is 11.4. The molecule has 1 rings (SSSR count). The normalized spacial score (nSPS) is 36.2. The third-order valence-electron chi connectivity index (χ3n) is 2.53. The average molecular weight is 156 g/mol. The Hall–Kier alpha value is -0.370. The summed E-state index contributed by atoms with van der Waals surface area (Å²) in [7, 11) is 0. The van der Waals surface area contributed by atoms with E-state index in [1.54, 1.807) is 0 Å². The lowest BCUT2D eigenvalue weighted by Gasteiger charge is -2.21. The van der Waals surface area contributed by atoms with Gasteiger partial charge in [0, 0.05) is 11.8 Å². The highest BCUT2D eigenvalue weighted by Crippen LogP contribution is 2.45. The molecule has 0 aromatic carbocycles. The molecule has 64 valence electrons. The molecule has 0 aromatic heterocycles. The molecule has 0 aliphatic heterocycles. The van der Waals surface area contributed by atoms with Crippen molar-refractivity contribution in [2.24, 2.45) is 10.8 Å². The van der Waals surface area contributed by atoms with Crippen LogP contribution in [0.3, 0.4) is 0 Å². The van der Waals surface area contributed by atoms with Gasteiger partial charge in [0.05, 0.1) is 6.61 Å². The van der Waals surface area contributed by atoms with Gasteiger partial charge in [-0.25, -0.2) is 0 Å². The summed E-state index contributed by atoms with van der Waals surface area (Å²) in [6, 6.07) is 0. The van der Waals surface area contributed by atoms with Crippen molar-refractivity contribution in [1.82, 2.24) is 0 Å². The van der Waals surface area contributed by atoms with Crippen molar-refractivity contribution in [1.29, 1.82) is 0 Å². The van der Waals surface area contributed by atoms with Crippen LogP contribution in [0.2, 0.25) is 0 Å². The van der Waals surface area contributed by atoms with Crippen LogP contribution in [0.15, 0.2) is 0 Å². The minimum absolute atomic E-state index is 0.00470. The van der Waals surface area contributed by atoms with Crippen LogP contribution in [0.25, 0.3) is 0 Å². The molecule has 0 radical (unpaired) electrons. The molecule has 1 aliphatic rings. The van der Waals surface area contributed by atoms with E-state index in [1.165, 1.54) is 0 Å². The van der Waals surface area contributed by atoms with E-state index in [2.05, 4.69) is 13.8 Å². The van der Waals surface area contributed by atoms with Gasteiger partial charge < -0.3 is 5.11 Å². The van der Waals surface area contributed by atoms with Gasteiger partial charge in [-0.05, 0) is 11.8 Å². The molecule has 1 atom stereocenters. The molecule has 0 aromatic rings. The maximum Gasteiger partial charge on any atom is 0.141 e. The molecule has 0 spiro atoms. The minimum Gasteiger partial charge on any atom is -0.395 e. The van der Waals surface area contributed by atoms with E-state index in [9.17, 15) is 4.79 Å². The van der Waals surface area contributed by atoms with Crippen LogP contribution in [-0.4, -0.2) is 17.5 Å². The first-order valence-corrected chi connectivity index (χ1v) is 4.04. The molecule has 1 N–H and O–H groups in total. The van der Waals surface area contributed by atoms with Gasteiger partial charge in [0.25, 0.3) is 0 Å².